The predicted molar refractivity (Wildman–Crippen MR) is 89.9 cm³/mol. The van der Waals surface area contributed by atoms with Gasteiger partial charge in [-0.2, -0.15) is 0 Å². The molecule has 0 saturated heterocycles. The Bertz CT molecular complexity index is 347. The Hall–Kier alpha value is 1.22. The molecule has 0 aliphatic rings. The molecule has 0 aliphatic heterocycles. The second-order valence-electron chi connectivity index (χ2n) is 3.18. The Morgan fingerprint density at radius 1 is 1.25 bits per heavy atom. The Labute approximate surface area is 143 Å². The molecule has 1 atom stereocenters. The fraction of sp³-hybridized carbons (Fsp3) is 0.889. The minimum Gasteiger partial charge on any atom is -0.479 e. The van der Waals surface area contributed by atoms with Crippen LogP contribution in [0.4, 0.5) is 0 Å². The molecular weight excluding hydrogens is 388 g/mol. The molecule has 0 radical (unpaired) electrons. The van der Waals surface area contributed by atoms with Crippen molar-refractivity contribution in [1.29, 1.82) is 0 Å². The van der Waals surface area contributed by atoms with Crippen molar-refractivity contribution in [3.05, 3.63) is 0 Å². The lowest BCUT2D eigenvalue weighted by Gasteiger charge is -2.28. The van der Waals surface area contributed by atoms with Crippen molar-refractivity contribution in [3.8, 4) is 0 Å². The molecular formula is C9H17Cl3NO4PS2. The third-order valence-corrected chi connectivity index (χ3v) is 6.06. The van der Waals surface area contributed by atoms with Crippen LogP contribution in [-0.4, -0.2) is 33.4 Å². The maximum atomic E-state index is 12.4. The average molecular weight is 405 g/mol. The molecule has 5 nitrogen and oxygen atoms in total. The van der Waals surface area contributed by atoms with E-state index >= 15 is 0 Å². The summed E-state index contributed by atoms with van der Waals surface area (Å²) in [5, 5.41) is 1.62. The maximum absolute atomic E-state index is 12.4. The van der Waals surface area contributed by atoms with Gasteiger partial charge in [0.05, 0.1) is 19.8 Å². The Morgan fingerprint density at radius 3 is 2.10 bits per heavy atom. The largest absolute Gasteiger partial charge is 0.479 e. The summed E-state index contributed by atoms with van der Waals surface area (Å²) in [6, 6.07) is 0. The van der Waals surface area contributed by atoms with Crippen LogP contribution in [0.2, 0.25) is 0 Å². The highest BCUT2D eigenvalue weighted by molar-refractivity contribution is 8.23. The first kappa shape index (κ1) is 21.2. The number of alkyl halides is 3. The van der Waals surface area contributed by atoms with Crippen LogP contribution in [0.15, 0.2) is 0 Å². The highest BCUT2D eigenvalue weighted by Gasteiger charge is 2.40. The van der Waals surface area contributed by atoms with Crippen LogP contribution < -0.4 is 5.09 Å². The van der Waals surface area contributed by atoms with Gasteiger partial charge in [-0.1, -0.05) is 46.6 Å². The third kappa shape index (κ3) is 8.61. The van der Waals surface area contributed by atoms with E-state index in [1.807, 2.05) is 0 Å². The molecule has 0 heterocycles. The second kappa shape index (κ2) is 10.1. The van der Waals surface area contributed by atoms with Gasteiger partial charge < -0.3 is 4.74 Å². The molecule has 0 aromatic carbocycles. The summed E-state index contributed by atoms with van der Waals surface area (Å²) in [7, 11) is -3.59. The Balaban J connectivity index is 4.95. The quantitative estimate of drug-likeness (QED) is 0.276. The van der Waals surface area contributed by atoms with Crippen LogP contribution in [0.25, 0.3) is 0 Å². The van der Waals surface area contributed by atoms with Gasteiger partial charge in [0, 0.05) is 0 Å². The van der Waals surface area contributed by atoms with Crippen molar-refractivity contribution in [2.45, 2.75) is 29.9 Å². The van der Waals surface area contributed by atoms with E-state index in [4.69, 9.17) is 60.8 Å². The van der Waals surface area contributed by atoms with Gasteiger partial charge in [0.1, 0.15) is 5.37 Å². The number of rotatable bonds is 8. The summed E-state index contributed by atoms with van der Waals surface area (Å²) in [4.78, 5) is 0. The number of halogens is 3. The summed E-state index contributed by atoms with van der Waals surface area (Å²) < 4.78 is 26.0. The standard InChI is InChI=1S/C9H17Cl3NO4PS2/c1-4-15-8(19)20-7(9(10,11)12)13-18(14,16-5-2)17-6-3/h7H,4-6H2,1-3H3,(H,13,14). The van der Waals surface area contributed by atoms with Gasteiger partial charge in [0.2, 0.25) is 8.18 Å². The summed E-state index contributed by atoms with van der Waals surface area (Å²) in [5.74, 6) is 0. The molecule has 1 N–H and O–H groups in total. The summed E-state index contributed by atoms with van der Waals surface area (Å²) >= 11 is 23.4. The Kier molecular flexibility index (Phi) is 10.7. The number of nitrogens with one attached hydrogen (secondary N) is 1. The van der Waals surface area contributed by atoms with Gasteiger partial charge in [-0.25, -0.2) is 9.65 Å². The van der Waals surface area contributed by atoms with Gasteiger partial charge in [0.15, 0.2) is 0 Å². The lowest BCUT2D eigenvalue weighted by atomic mass is 10.8. The van der Waals surface area contributed by atoms with Crippen molar-refractivity contribution < 1.29 is 18.3 Å². The van der Waals surface area contributed by atoms with E-state index in [1.54, 1.807) is 20.8 Å². The van der Waals surface area contributed by atoms with Gasteiger partial charge in [0.25, 0.3) is 0 Å². The van der Waals surface area contributed by atoms with E-state index in [2.05, 4.69) is 5.09 Å². The summed E-state index contributed by atoms with van der Waals surface area (Å²) in [5.41, 5.74) is 0. The van der Waals surface area contributed by atoms with Crippen LogP contribution >= 0.6 is 66.5 Å². The topological polar surface area (TPSA) is 56.8 Å². The number of hydrogen-bond donors (Lipinski definition) is 1. The van der Waals surface area contributed by atoms with E-state index < -0.39 is 16.9 Å². The summed E-state index contributed by atoms with van der Waals surface area (Å²) in [6.07, 6.45) is 0. The van der Waals surface area contributed by atoms with Crippen LogP contribution in [0.5, 0.6) is 0 Å². The zero-order valence-electron chi connectivity index (χ0n) is 11.2. The van der Waals surface area contributed by atoms with Crippen molar-refractivity contribution in [2.24, 2.45) is 0 Å². The predicted octanol–water partition coefficient (Wildman–Crippen LogP) is 4.51. The number of thiocarbonyl (C=S) groups is 1. The Morgan fingerprint density at radius 2 is 1.75 bits per heavy atom. The van der Waals surface area contributed by atoms with Crippen LogP contribution in [0.1, 0.15) is 20.8 Å². The first-order valence-electron chi connectivity index (χ1n) is 5.75. The monoisotopic (exact) mass is 403 g/mol. The molecule has 0 rings (SSSR count). The highest BCUT2D eigenvalue weighted by atomic mass is 35.6. The zero-order valence-corrected chi connectivity index (χ0v) is 16.0. The van der Waals surface area contributed by atoms with Gasteiger partial charge in [-0.15, -0.1) is 0 Å². The first-order chi connectivity index (χ1) is 9.18. The minimum atomic E-state index is -3.59. The smallest absolute Gasteiger partial charge is 0.406 e. The summed E-state index contributed by atoms with van der Waals surface area (Å²) in [6.45, 7) is 5.86. The van der Waals surface area contributed by atoms with Gasteiger partial charge >= 0.3 is 7.75 Å². The molecule has 0 saturated carbocycles. The van der Waals surface area contributed by atoms with E-state index in [1.165, 1.54) is 0 Å². The van der Waals surface area contributed by atoms with Gasteiger partial charge in [-0.3, -0.25) is 9.05 Å². The lowest BCUT2D eigenvalue weighted by molar-refractivity contribution is 0.210. The fourth-order valence-corrected chi connectivity index (χ4v) is 4.70. The van der Waals surface area contributed by atoms with Crippen molar-refractivity contribution in [3.63, 3.8) is 0 Å². The highest BCUT2D eigenvalue weighted by Crippen LogP contribution is 2.49. The number of thioether (sulfide) groups is 1. The van der Waals surface area contributed by atoms with Crippen LogP contribution in [0.3, 0.4) is 0 Å². The van der Waals surface area contributed by atoms with Crippen molar-refractivity contribution in [2.75, 3.05) is 19.8 Å². The average Bonchev–Trinajstić information content (AvgIpc) is 2.27. The number of ether oxygens (including phenoxy) is 1. The molecule has 11 heteroatoms. The normalized spacial score (nSPS) is 14.1. The maximum Gasteiger partial charge on any atom is 0.406 e. The molecule has 1 unspecified atom stereocenters. The molecule has 0 spiro atoms. The first-order valence-corrected chi connectivity index (χ1v) is 9.72. The minimum absolute atomic E-state index is 0.163. The van der Waals surface area contributed by atoms with Gasteiger partial charge in [-0.05, 0) is 33.0 Å². The molecule has 0 bridgehead atoms. The lowest BCUT2D eigenvalue weighted by Crippen LogP contribution is -2.37. The second-order valence-corrected chi connectivity index (χ2v) is 9.03. The van der Waals surface area contributed by atoms with Crippen molar-refractivity contribution >= 4 is 70.9 Å². The van der Waals surface area contributed by atoms with Crippen molar-refractivity contribution in [1.82, 2.24) is 5.09 Å². The third-order valence-electron chi connectivity index (χ3n) is 1.65. The molecule has 0 fully saturated rings. The SMILES string of the molecule is CCOC(=S)SC(NP(=O)(OCC)OCC)C(Cl)(Cl)Cl. The molecule has 0 aromatic heterocycles. The molecule has 0 aliphatic carbocycles. The molecule has 20 heavy (non-hydrogen) atoms. The van der Waals surface area contributed by atoms with Crippen LogP contribution in [-0.2, 0) is 18.3 Å². The zero-order chi connectivity index (χ0) is 15.8. The molecule has 120 valence electrons. The molecule has 0 amide bonds. The van der Waals surface area contributed by atoms with E-state index in [-0.39, 0.29) is 17.6 Å². The van der Waals surface area contributed by atoms with E-state index in [9.17, 15) is 4.57 Å². The van der Waals surface area contributed by atoms with E-state index in [0.29, 0.717) is 6.61 Å². The number of hydrogen-bond acceptors (Lipinski definition) is 6. The van der Waals surface area contributed by atoms with Crippen LogP contribution in [0, 0.1) is 0 Å². The molecule has 0 aromatic rings. The fourth-order valence-electron chi connectivity index (χ4n) is 1.01. The van der Waals surface area contributed by atoms with E-state index in [0.717, 1.165) is 11.8 Å².